The summed E-state index contributed by atoms with van der Waals surface area (Å²) in [5, 5.41) is 18.9. The SMILES string of the molecule is O=C(CCCN1CCN(c2ccc(F)cc2)CC1)NC1c2ccccc2C=Cc2ccccc21.O=C(O)/C=C\C(=O)O. The first-order chi connectivity index (χ1) is 20.3. The molecule has 0 aromatic heterocycles. The van der Waals surface area contributed by atoms with Gasteiger partial charge in [0.1, 0.15) is 5.82 Å². The molecule has 1 aliphatic carbocycles. The first kappa shape index (κ1) is 30.2. The maximum Gasteiger partial charge on any atom is 0.328 e. The monoisotopic (exact) mass is 571 g/mol. The zero-order valence-corrected chi connectivity index (χ0v) is 23.2. The topological polar surface area (TPSA) is 110 Å². The number of amides is 1. The summed E-state index contributed by atoms with van der Waals surface area (Å²) in [6.07, 6.45) is 6.71. The van der Waals surface area contributed by atoms with Crippen LogP contribution in [0.1, 0.15) is 41.1 Å². The molecule has 3 N–H and O–H groups in total. The van der Waals surface area contributed by atoms with Crippen molar-refractivity contribution in [3.05, 3.63) is 113 Å². The van der Waals surface area contributed by atoms with Gasteiger partial charge in [-0.25, -0.2) is 14.0 Å². The number of carbonyl (C=O) groups excluding carboxylic acids is 1. The highest BCUT2D eigenvalue weighted by molar-refractivity contribution is 5.89. The van der Waals surface area contributed by atoms with E-state index in [9.17, 15) is 18.8 Å². The van der Waals surface area contributed by atoms with Gasteiger partial charge in [0.25, 0.3) is 0 Å². The molecule has 0 saturated carbocycles. The molecule has 0 bridgehead atoms. The number of carboxylic acid groups (broad SMARTS) is 2. The third-order valence-corrected chi connectivity index (χ3v) is 7.17. The van der Waals surface area contributed by atoms with Gasteiger partial charge in [-0.05, 0) is 59.5 Å². The van der Waals surface area contributed by atoms with Crippen LogP contribution in [0.25, 0.3) is 12.2 Å². The maximum absolute atomic E-state index is 13.2. The largest absolute Gasteiger partial charge is 0.478 e. The Morgan fingerprint density at radius 3 is 1.83 bits per heavy atom. The number of nitrogens with zero attached hydrogens (tertiary/aromatic N) is 2. The summed E-state index contributed by atoms with van der Waals surface area (Å²) in [6.45, 7) is 4.65. The van der Waals surface area contributed by atoms with Gasteiger partial charge in [-0.3, -0.25) is 9.69 Å². The van der Waals surface area contributed by atoms with Crippen LogP contribution in [0.5, 0.6) is 0 Å². The van der Waals surface area contributed by atoms with Gasteiger partial charge < -0.3 is 20.4 Å². The number of nitrogens with one attached hydrogen (secondary N) is 1. The zero-order valence-electron chi connectivity index (χ0n) is 23.2. The number of piperazine rings is 1. The molecule has 5 rings (SSSR count). The number of anilines is 1. The fourth-order valence-electron chi connectivity index (χ4n) is 5.07. The van der Waals surface area contributed by atoms with Crippen molar-refractivity contribution in [2.75, 3.05) is 37.6 Å². The molecular formula is C33H34FN3O5. The molecule has 1 amide bonds. The number of fused-ring (bicyclic) bond motifs is 2. The lowest BCUT2D eigenvalue weighted by atomic mass is 9.94. The minimum Gasteiger partial charge on any atom is -0.478 e. The molecule has 218 valence electrons. The molecule has 42 heavy (non-hydrogen) atoms. The average molecular weight is 572 g/mol. The van der Waals surface area contributed by atoms with Gasteiger partial charge in [0.05, 0.1) is 6.04 Å². The van der Waals surface area contributed by atoms with Crippen LogP contribution in [0.3, 0.4) is 0 Å². The van der Waals surface area contributed by atoms with E-state index in [-0.39, 0.29) is 17.8 Å². The summed E-state index contributed by atoms with van der Waals surface area (Å²) in [6, 6.07) is 23.1. The second kappa shape index (κ2) is 14.7. The smallest absolute Gasteiger partial charge is 0.328 e. The lowest BCUT2D eigenvalue weighted by Crippen LogP contribution is -2.46. The van der Waals surface area contributed by atoms with Crippen molar-refractivity contribution in [1.82, 2.24) is 10.2 Å². The van der Waals surface area contributed by atoms with E-state index in [0.29, 0.717) is 18.6 Å². The Labute approximate surface area is 244 Å². The van der Waals surface area contributed by atoms with Crippen LogP contribution in [0.2, 0.25) is 0 Å². The van der Waals surface area contributed by atoms with E-state index in [1.807, 2.05) is 36.4 Å². The van der Waals surface area contributed by atoms with E-state index in [0.717, 1.165) is 67.1 Å². The van der Waals surface area contributed by atoms with Crippen LogP contribution >= 0.6 is 0 Å². The minimum absolute atomic E-state index is 0.0847. The molecule has 3 aromatic rings. The third-order valence-electron chi connectivity index (χ3n) is 7.17. The van der Waals surface area contributed by atoms with Crippen molar-refractivity contribution in [3.63, 3.8) is 0 Å². The Morgan fingerprint density at radius 1 is 0.786 bits per heavy atom. The molecular weight excluding hydrogens is 537 g/mol. The molecule has 1 saturated heterocycles. The lowest BCUT2D eigenvalue weighted by Gasteiger charge is -2.36. The van der Waals surface area contributed by atoms with Crippen molar-refractivity contribution in [2.45, 2.75) is 18.9 Å². The Morgan fingerprint density at radius 2 is 1.31 bits per heavy atom. The lowest BCUT2D eigenvalue weighted by molar-refractivity contribution is -0.134. The molecule has 0 unspecified atom stereocenters. The fraction of sp³-hybridized carbons (Fsp3) is 0.242. The first-order valence-corrected chi connectivity index (χ1v) is 13.8. The Bertz CT molecular complexity index is 1380. The van der Waals surface area contributed by atoms with Crippen LogP contribution < -0.4 is 10.2 Å². The normalized spacial score (nSPS) is 14.7. The van der Waals surface area contributed by atoms with E-state index in [2.05, 4.69) is 51.5 Å². The number of carboxylic acids is 2. The van der Waals surface area contributed by atoms with Gasteiger partial charge in [-0.1, -0.05) is 60.7 Å². The molecule has 2 aliphatic rings. The van der Waals surface area contributed by atoms with Gasteiger partial charge >= 0.3 is 11.9 Å². The van der Waals surface area contributed by atoms with Crippen LogP contribution in [0.4, 0.5) is 10.1 Å². The van der Waals surface area contributed by atoms with Crippen molar-refractivity contribution in [3.8, 4) is 0 Å². The fourth-order valence-corrected chi connectivity index (χ4v) is 5.07. The molecule has 1 heterocycles. The van der Waals surface area contributed by atoms with Crippen molar-refractivity contribution < 1.29 is 29.0 Å². The number of benzene rings is 3. The summed E-state index contributed by atoms with van der Waals surface area (Å²) in [5.74, 6) is -2.63. The maximum atomic E-state index is 13.2. The third kappa shape index (κ3) is 8.62. The molecule has 0 spiro atoms. The van der Waals surface area contributed by atoms with Crippen LogP contribution in [-0.2, 0) is 14.4 Å². The van der Waals surface area contributed by atoms with Crippen molar-refractivity contribution in [1.29, 1.82) is 0 Å². The van der Waals surface area contributed by atoms with Crippen LogP contribution in [0.15, 0.2) is 84.9 Å². The van der Waals surface area contributed by atoms with Crippen LogP contribution in [-0.4, -0.2) is 65.7 Å². The molecule has 8 nitrogen and oxygen atoms in total. The molecule has 0 atom stereocenters. The summed E-state index contributed by atoms with van der Waals surface area (Å²) in [5.41, 5.74) is 5.62. The predicted octanol–water partition coefficient (Wildman–Crippen LogP) is 4.83. The van der Waals surface area contributed by atoms with E-state index >= 15 is 0 Å². The Kier molecular flexibility index (Phi) is 10.6. The van der Waals surface area contributed by atoms with E-state index in [4.69, 9.17) is 10.2 Å². The highest BCUT2D eigenvalue weighted by Gasteiger charge is 2.23. The van der Waals surface area contributed by atoms with Gasteiger partial charge in [0, 0.05) is 50.4 Å². The van der Waals surface area contributed by atoms with E-state index in [1.165, 1.54) is 12.1 Å². The second-order valence-corrected chi connectivity index (χ2v) is 10.0. The molecule has 9 heteroatoms. The zero-order chi connectivity index (χ0) is 29.9. The summed E-state index contributed by atoms with van der Waals surface area (Å²) in [4.78, 5) is 36.8. The van der Waals surface area contributed by atoms with Gasteiger partial charge in [0.15, 0.2) is 0 Å². The average Bonchev–Trinajstić information content (AvgIpc) is 3.14. The van der Waals surface area contributed by atoms with Gasteiger partial charge in [-0.2, -0.15) is 0 Å². The molecule has 3 aromatic carbocycles. The Balaban J connectivity index is 0.000000446. The molecule has 0 radical (unpaired) electrons. The van der Waals surface area contributed by atoms with Gasteiger partial charge in [-0.15, -0.1) is 0 Å². The Hall–Kier alpha value is -4.76. The number of hydrogen-bond acceptors (Lipinski definition) is 5. The number of rotatable bonds is 8. The number of halogens is 1. The number of hydrogen-bond donors (Lipinski definition) is 3. The van der Waals surface area contributed by atoms with Gasteiger partial charge in [0.2, 0.25) is 5.91 Å². The summed E-state index contributed by atoms with van der Waals surface area (Å²) in [7, 11) is 0. The van der Waals surface area contributed by atoms with Crippen LogP contribution in [0, 0.1) is 5.82 Å². The van der Waals surface area contributed by atoms with Crippen molar-refractivity contribution in [2.24, 2.45) is 0 Å². The van der Waals surface area contributed by atoms with Crippen molar-refractivity contribution >= 4 is 35.7 Å². The summed E-state index contributed by atoms with van der Waals surface area (Å²) >= 11 is 0. The highest BCUT2D eigenvalue weighted by atomic mass is 19.1. The minimum atomic E-state index is -1.26. The highest BCUT2D eigenvalue weighted by Crippen LogP contribution is 2.32. The summed E-state index contributed by atoms with van der Waals surface area (Å²) < 4.78 is 13.2. The predicted molar refractivity (Wildman–Crippen MR) is 160 cm³/mol. The number of aliphatic carboxylic acids is 2. The quantitative estimate of drug-likeness (QED) is 0.332. The molecule has 1 aliphatic heterocycles. The van der Waals surface area contributed by atoms with E-state index < -0.39 is 11.9 Å². The first-order valence-electron chi connectivity index (χ1n) is 13.8. The molecule has 1 fully saturated rings. The number of carbonyl (C=O) groups is 3. The standard InChI is InChI=1S/C29H30FN3O.C4H4O4/c30-24-13-15-25(16-14-24)33-20-18-32(19-21-33)17-5-10-28(34)31-29-26-8-3-1-6-22(26)11-12-23-7-2-4-9-27(23)29;5-3(6)1-2-4(7)8/h1-4,6-9,11-16,29H,5,10,17-21H2,(H,31,34);1-2H,(H,5,6)(H,7,8)/b;2-1-. The van der Waals surface area contributed by atoms with E-state index in [1.54, 1.807) is 0 Å². The second-order valence-electron chi connectivity index (χ2n) is 10.0.